The van der Waals surface area contributed by atoms with Crippen LogP contribution in [0.5, 0.6) is 0 Å². The minimum absolute atomic E-state index is 0.159. The second kappa shape index (κ2) is 8.71. The summed E-state index contributed by atoms with van der Waals surface area (Å²) in [6, 6.07) is 11.4. The summed E-state index contributed by atoms with van der Waals surface area (Å²) >= 11 is 6.15. The van der Waals surface area contributed by atoms with Crippen LogP contribution in [0.1, 0.15) is 83.1 Å². The van der Waals surface area contributed by atoms with Gasteiger partial charge in [0.15, 0.2) is 0 Å². The third-order valence-corrected chi connectivity index (χ3v) is 10.1. The number of hydrogen-bond donors (Lipinski definition) is 1. The van der Waals surface area contributed by atoms with Crippen LogP contribution in [0.4, 0.5) is 0 Å². The van der Waals surface area contributed by atoms with Gasteiger partial charge in [-0.1, -0.05) is 62.3 Å². The lowest BCUT2D eigenvalue weighted by molar-refractivity contribution is -0.0830. The fraction of sp³-hybridized carbons (Fsp3) is 0.714. The Labute approximate surface area is 194 Å². The van der Waals surface area contributed by atoms with Crippen molar-refractivity contribution in [1.82, 2.24) is 0 Å². The summed E-state index contributed by atoms with van der Waals surface area (Å²) < 4.78 is 0. The Bertz CT molecular complexity index is 792. The van der Waals surface area contributed by atoms with Gasteiger partial charge in [0, 0.05) is 11.6 Å². The topological polar surface area (TPSA) is 38.4 Å². The van der Waals surface area contributed by atoms with Crippen LogP contribution < -0.4 is 5.73 Å². The summed E-state index contributed by atoms with van der Waals surface area (Å²) in [5.74, 6) is 3.89. The molecule has 0 saturated heterocycles. The van der Waals surface area contributed by atoms with Gasteiger partial charge in [-0.25, -0.2) is 0 Å². The second-order valence-electron chi connectivity index (χ2n) is 11.5. The van der Waals surface area contributed by atoms with Crippen LogP contribution in [0.15, 0.2) is 35.3 Å². The molecule has 0 heterocycles. The molecule has 31 heavy (non-hydrogen) atoms. The molecule has 1 aromatic carbocycles. The summed E-state index contributed by atoms with van der Waals surface area (Å²) in [6.45, 7) is 3.21. The molecule has 1 aromatic rings. The third kappa shape index (κ3) is 3.95. The maximum absolute atomic E-state index is 6.15. The summed E-state index contributed by atoms with van der Waals surface area (Å²) in [5, 5.41) is 0. The maximum atomic E-state index is 6.15. The molecule has 4 bridgehead atoms. The van der Waals surface area contributed by atoms with Gasteiger partial charge in [0.2, 0.25) is 0 Å². The van der Waals surface area contributed by atoms with E-state index in [9.17, 15) is 0 Å². The van der Waals surface area contributed by atoms with Crippen molar-refractivity contribution < 1.29 is 0 Å². The predicted octanol–water partition coefficient (Wildman–Crippen LogP) is 6.71. The first-order valence-electron chi connectivity index (χ1n) is 12.9. The molecule has 0 aromatic heterocycles. The summed E-state index contributed by atoms with van der Waals surface area (Å²) in [5.41, 5.74) is 7.93. The van der Waals surface area contributed by atoms with Gasteiger partial charge in [-0.05, 0) is 105 Å². The summed E-state index contributed by atoms with van der Waals surface area (Å²) in [6.07, 6.45) is 16.5. The average molecular weight is 437 g/mol. The van der Waals surface area contributed by atoms with Crippen molar-refractivity contribution in [3.8, 4) is 0 Å². The van der Waals surface area contributed by atoms with E-state index >= 15 is 0 Å². The lowest BCUT2D eigenvalue weighted by atomic mass is 9.40. The van der Waals surface area contributed by atoms with Crippen molar-refractivity contribution in [3.63, 3.8) is 0 Å². The molecule has 0 spiro atoms. The van der Waals surface area contributed by atoms with Crippen LogP contribution in [0, 0.1) is 35.0 Å². The van der Waals surface area contributed by atoms with Gasteiger partial charge in [0.05, 0.1) is 0 Å². The lowest BCUT2D eigenvalue weighted by Gasteiger charge is -2.65. The molecular formula is C28H40N2S. The van der Waals surface area contributed by atoms with Crippen molar-refractivity contribution in [2.45, 2.75) is 83.0 Å². The molecule has 6 rings (SSSR count). The second-order valence-corrected chi connectivity index (χ2v) is 11.9. The number of nitrogens with zero attached hydrogens (tertiary/aromatic N) is 1. The van der Waals surface area contributed by atoms with Gasteiger partial charge in [0.25, 0.3) is 0 Å². The highest BCUT2D eigenvalue weighted by molar-refractivity contribution is 7.80. The number of hydrogen-bond acceptors (Lipinski definition) is 2. The van der Waals surface area contributed by atoms with Crippen LogP contribution in [-0.4, -0.2) is 17.7 Å². The molecule has 2 unspecified atom stereocenters. The molecule has 5 aliphatic carbocycles. The van der Waals surface area contributed by atoms with Crippen molar-refractivity contribution in [1.29, 1.82) is 0 Å². The van der Waals surface area contributed by atoms with Crippen LogP contribution in [0.25, 0.3) is 0 Å². The van der Waals surface area contributed by atoms with Gasteiger partial charge < -0.3 is 5.73 Å². The van der Waals surface area contributed by atoms with Crippen molar-refractivity contribution in [2.24, 2.45) is 45.7 Å². The fourth-order valence-electron chi connectivity index (χ4n) is 8.31. The van der Waals surface area contributed by atoms with E-state index in [-0.39, 0.29) is 5.41 Å². The number of thiocarbonyl (C=S) groups is 1. The summed E-state index contributed by atoms with van der Waals surface area (Å²) in [7, 11) is 0. The fourth-order valence-corrected chi connectivity index (χ4v) is 8.61. The Morgan fingerprint density at radius 1 is 1.06 bits per heavy atom. The first-order valence-corrected chi connectivity index (χ1v) is 13.3. The number of aliphatic imine (C=N–C) groups is 1. The molecular weight excluding hydrogens is 396 g/mol. The van der Waals surface area contributed by atoms with E-state index in [4.69, 9.17) is 22.9 Å². The first kappa shape index (κ1) is 21.8. The molecule has 2 atom stereocenters. The van der Waals surface area contributed by atoms with Crippen molar-refractivity contribution >= 4 is 23.4 Å². The molecule has 0 radical (unpaired) electrons. The molecule has 3 heteroatoms. The zero-order valence-corrected chi connectivity index (χ0v) is 20.1. The quantitative estimate of drug-likeness (QED) is 0.397. The normalized spacial score (nSPS) is 41.7. The Balaban J connectivity index is 1.38. The number of rotatable bonds is 6. The zero-order valence-electron chi connectivity index (χ0n) is 19.3. The van der Waals surface area contributed by atoms with E-state index in [1.165, 1.54) is 70.6 Å². The van der Waals surface area contributed by atoms with E-state index in [1.54, 1.807) is 5.56 Å². The van der Waals surface area contributed by atoms with E-state index in [0.29, 0.717) is 11.3 Å². The largest absolute Gasteiger partial charge is 0.330 e. The van der Waals surface area contributed by atoms with Gasteiger partial charge in [-0.2, -0.15) is 0 Å². The molecule has 0 amide bonds. The SMILES string of the molecule is CCCC1C2CC3(C(=S)N=CC4CCC(CN)CC4)CC1CC(c1ccccc1)(C2)C3. The Kier molecular flexibility index (Phi) is 6.11. The monoisotopic (exact) mass is 436 g/mol. The van der Waals surface area contributed by atoms with Crippen LogP contribution in [0.3, 0.4) is 0 Å². The van der Waals surface area contributed by atoms with E-state index < -0.39 is 0 Å². The van der Waals surface area contributed by atoms with Gasteiger partial charge in [-0.15, -0.1) is 0 Å². The highest BCUT2D eigenvalue weighted by Crippen LogP contribution is 2.68. The standard InChI is InChI=1S/C28H40N2S/c1-2-6-25-22-13-27(24-7-4-3-5-8-24)14-23(25)16-28(15-22,19-27)26(31)30-18-21-11-9-20(17-29)10-12-21/h3-5,7-8,18,20-23,25H,2,6,9-17,19,29H2,1H3. The van der Waals surface area contributed by atoms with Crippen molar-refractivity contribution in [2.75, 3.05) is 6.54 Å². The molecule has 2 N–H and O–H groups in total. The lowest BCUT2D eigenvalue weighted by Crippen LogP contribution is -2.59. The third-order valence-electron chi connectivity index (χ3n) is 9.59. The number of nitrogens with two attached hydrogens (primary N) is 1. The van der Waals surface area contributed by atoms with Crippen LogP contribution in [-0.2, 0) is 5.41 Å². The van der Waals surface area contributed by atoms with E-state index in [2.05, 4.69) is 43.5 Å². The Morgan fingerprint density at radius 3 is 2.35 bits per heavy atom. The number of benzene rings is 1. The molecule has 0 aliphatic heterocycles. The smallest absolute Gasteiger partial charge is 0.109 e. The highest BCUT2D eigenvalue weighted by atomic mass is 32.1. The zero-order chi connectivity index (χ0) is 21.5. The van der Waals surface area contributed by atoms with Gasteiger partial charge in [0.1, 0.15) is 4.99 Å². The molecule has 168 valence electrons. The molecule has 5 fully saturated rings. The van der Waals surface area contributed by atoms with Gasteiger partial charge >= 0.3 is 0 Å². The Morgan fingerprint density at radius 2 is 1.74 bits per heavy atom. The minimum atomic E-state index is 0.159. The van der Waals surface area contributed by atoms with E-state index in [0.717, 1.165) is 35.2 Å². The first-order chi connectivity index (χ1) is 15.1. The highest BCUT2D eigenvalue weighted by Gasteiger charge is 2.62. The van der Waals surface area contributed by atoms with Crippen LogP contribution in [0.2, 0.25) is 0 Å². The van der Waals surface area contributed by atoms with Crippen LogP contribution >= 0.6 is 12.2 Å². The maximum Gasteiger partial charge on any atom is 0.109 e. The van der Waals surface area contributed by atoms with Crippen molar-refractivity contribution in [3.05, 3.63) is 35.9 Å². The minimum Gasteiger partial charge on any atom is -0.330 e. The molecule has 5 saturated carbocycles. The van der Waals surface area contributed by atoms with Gasteiger partial charge in [-0.3, -0.25) is 4.99 Å². The molecule has 2 nitrogen and oxygen atoms in total. The summed E-state index contributed by atoms with van der Waals surface area (Å²) in [4.78, 5) is 6.10. The van der Waals surface area contributed by atoms with E-state index in [1.807, 2.05) is 0 Å². The Hall–Kier alpha value is -1.06. The predicted molar refractivity (Wildman–Crippen MR) is 135 cm³/mol. The average Bonchev–Trinajstić information content (AvgIpc) is 2.80. The molecule has 5 aliphatic rings.